The van der Waals surface area contributed by atoms with E-state index in [-0.39, 0.29) is 11.2 Å². The smallest absolute Gasteiger partial charge is 0.240 e. The molecule has 0 aromatic heterocycles. The summed E-state index contributed by atoms with van der Waals surface area (Å²) in [6.07, 6.45) is 0.824. The second-order valence-electron chi connectivity index (χ2n) is 4.62. The molecule has 0 spiro atoms. The predicted octanol–water partition coefficient (Wildman–Crippen LogP) is 3.06. The Morgan fingerprint density at radius 2 is 2.28 bits per heavy atom. The molecule has 1 aromatic rings. The minimum absolute atomic E-state index is 0.0151. The zero-order valence-corrected chi connectivity index (χ0v) is 11.6. The van der Waals surface area contributed by atoms with Gasteiger partial charge in [-0.1, -0.05) is 19.1 Å². The summed E-state index contributed by atoms with van der Waals surface area (Å²) in [5, 5.41) is -0.0151. The molecule has 1 atom stereocenters. The Labute approximate surface area is 112 Å². The van der Waals surface area contributed by atoms with E-state index >= 15 is 0 Å². The molecule has 0 saturated heterocycles. The van der Waals surface area contributed by atoms with E-state index < -0.39 is 0 Å². The van der Waals surface area contributed by atoms with Gasteiger partial charge in [-0.2, -0.15) is 0 Å². The van der Waals surface area contributed by atoms with Crippen LogP contribution >= 0.6 is 11.8 Å². The van der Waals surface area contributed by atoms with Crippen molar-refractivity contribution in [1.29, 1.82) is 0 Å². The molecule has 0 radical (unpaired) electrons. The van der Waals surface area contributed by atoms with Crippen LogP contribution in [0.25, 0.3) is 0 Å². The Bertz CT molecular complexity index is 499. The van der Waals surface area contributed by atoms with Crippen molar-refractivity contribution in [3.8, 4) is 0 Å². The monoisotopic (exact) mass is 262 g/mol. The molecule has 1 aliphatic heterocycles. The van der Waals surface area contributed by atoms with Gasteiger partial charge in [0.25, 0.3) is 0 Å². The van der Waals surface area contributed by atoms with Crippen LogP contribution in [-0.4, -0.2) is 17.7 Å². The molecule has 1 unspecified atom stereocenters. The van der Waals surface area contributed by atoms with Crippen molar-refractivity contribution in [3.05, 3.63) is 30.4 Å². The van der Waals surface area contributed by atoms with Crippen LogP contribution < -0.4 is 10.6 Å². The predicted molar refractivity (Wildman–Crippen MR) is 78.0 cm³/mol. The number of nitrogens with zero attached hydrogens (tertiary/aromatic N) is 1. The van der Waals surface area contributed by atoms with Gasteiger partial charge in [-0.15, -0.1) is 11.8 Å². The topological polar surface area (TPSA) is 46.3 Å². The van der Waals surface area contributed by atoms with Crippen LogP contribution in [0.5, 0.6) is 0 Å². The van der Waals surface area contributed by atoms with Crippen molar-refractivity contribution in [1.82, 2.24) is 0 Å². The summed E-state index contributed by atoms with van der Waals surface area (Å²) >= 11 is 1.61. The van der Waals surface area contributed by atoms with Crippen molar-refractivity contribution < 1.29 is 4.79 Å². The summed E-state index contributed by atoms with van der Waals surface area (Å²) in [5.41, 5.74) is 8.48. The molecular formula is C14H18N2OS. The van der Waals surface area contributed by atoms with E-state index in [0.717, 1.165) is 28.3 Å². The lowest BCUT2D eigenvalue weighted by atomic mass is 10.2. The highest BCUT2D eigenvalue weighted by Gasteiger charge is 2.32. The number of carbonyl (C=O) groups is 1. The number of benzene rings is 1. The molecule has 0 fully saturated rings. The number of amides is 1. The van der Waals surface area contributed by atoms with E-state index in [4.69, 9.17) is 5.73 Å². The van der Waals surface area contributed by atoms with Crippen LogP contribution in [0.15, 0.2) is 35.2 Å². The number of thioether (sulfide) groups is 1. The van der Waals surface area contributed by atoms with Gasteiger partial charge in [0.2, 0.25) is 5.91 Å². The number of nitrogen functional groups attached to an aromatic ring is 1. The number of rotatable bonds is 3. The second kappa shape index (κ2) is 5.06. The molecule has 1 amide bonds. The minimum Gasteiger partial charge on any atom is -0.399 e. The van der Waals surface area contributed by atoms with Gasteiger partial charge in [-0.05, 0) is 31.5 Å². The summed E-state index contributed by atoms with van der Waals surface area (Å²) in [6.45, 7) is 8.45. The summed E-state index contributed by atoms with van der Waals surface area (Å²) in [7, 11) is 0. The summed E-state index contributed by atoms with van der Waals surface area (Å²) in [5.74, 6) is 0.169. The molecular weight excluding hydrogens is 244 g/mol. The number of anilines is 2. The lowest BCUT2D eigenvalue weighted by Gasteiger charge is -2.33. The highest BCUT2D eigenvalue weighted by molar-refractivity contribution is 8.01. The molecule has 2 rings (SSSR count). The van der Waals surface area contributed by atoms with Crippen LogP contribution in [0, 0.1) is 0 Å². The molecule has 0 aliphatic carbocycles. The summed E-state index contributed by atoms with van der Waals surface area (Å²) < 4.78 is 0. The number of hydrogen-bond donors (Lipinski definition) is 1. The van der Waals surface area contributed by atoms with Crippen molar-refractivity contribution >= 4 is 29.0 Å². The molecule has 3 nitrogen and oxygen atoms in total. The van der Waals surface area contributed by atoms with Crippen molar-refractivity contribution in [2.24, 2.45) is 0 Å². The molecule has 96 valence electrons. The van der Waals surface area contributed by atoms with Gasteiger partial charge >= 0.3 is 0 Å². The third kappa shape index (κ3) is 2.38. The van der Waals surface area contributed by atoms with Crippen molar-refractivity contribution in [3.63, 3.8) is 0 Å². The number of fused-ring (bicyclic) bond motifs is 1. The van der Waals surface area contributed by atoms with Gasteiger partial charge in [-0.3, -0.25) is 4.79 Å². The largest absolute Gasteiger partial charge is 0.399 e. The van der Waals surface area contributed by atoms with Crippen LogP contribution in [0.4, 0.5) is 11.4 Å². The van der Waals surface area contributed by atoms with E-state index in [1.807, 2.05) is 36.9 Å². The van der Waals surface area contributed by atoms with Gasteiger partial charge in [0.15, 0.2) is 0 Å². The highest BCUT2D eigenvalue weighted by Crippen LogP contribution is 2.41. The molecule has 1 aliphatic rings. The quantitative estimate of drug-likeness (QED) is 0.672. The number of hydrogen-bond acceptors (Lipinski definition) is 3. The second-order valence-corrected chi connectivity index (χ2v) is 5.87. The Hall–Kier alpha value is -1.42. The first-order chi connectivity index (χ1) is 8.52. The zero-order valence-electron chi connectivity index (χ0n) is 10.8. The third-order valence-electron chi connectivity index (χ3n) is 2.88. The molecule has 4 heteroatoms. The van der Waals surface area contributed by atoms with Crippen molar-refractivity contribution in [2.75, 3.05) is 17.2 Å². The average Bonchev–Trinajstić information content (AvgIpc) is 2.31. The molecule has 0 saturated carbocycles. The van der Waals surface area contributed by atoms with Gasteiger partial charge in [0.05, 0.1) is 10.9 Å². The van der Waals surface area contributed by atoms with Crippen LogP contribution in [0.2, 0.25) is 0 Å². The lowest BCUT2D eigenvalue weighted by molar-refractivity contribution is -0.118. The fourth-order valence-electron chi connectivity index (χ4n) is 2.04. The number of nitrogens with two attached hydrogens (primary N) is 1. The van der Waals surface area contributed by atoms with Gasteiger partial charge in [0.1, 0.15) is 0 Å². The van der Waals surface area contributed by atoms with Crippen LogP contribution in [0.1, 0.15) is 20.3 Å². The average molecular weight is 262 g/mol. The SMILES string of the molecule is C=C(C)CN1C(=O)C(CC)Sc2cc(N)ccc21. The first kappa shape index (κ1) is 13.0. The maximum Gasteiger partial charge on any atom is 0.240 e. The van der Waals surface area contributed by atoms with E-state index in [1.165, 1.54) is 0 Å². The first-order valence-electron chi connectivity index (χ1n) is 6.05. The fraction of sp³-hybridized carbons (Fsp3) is 0.357. The molecule has 2 N–H and O–H groups in total. The third-order valence-corrected chi connectivity index (χ3v) is 4.28. The molecule has 1 aromatic carbocycles. The normalized spacial score (nSPS) is 18.7. The summed E-state index contributed by atoms with van der Waals surface area (Å²) in [6, 6.07) is 5.70. The Kier molecular flexibility index (Phi) is 3.66. The minimum atomic E-state index is -0.0151. The maximum absolute atomic E-state index is 12.4. The number of carbonyl (C=O) groups excluding carboxylic acids is 1. The Morgan fingerprint density at radius 1 is 1.56 bits per heavy atom. The van der Waals surface area contributed by atoms with E-state index in [2.05, 4.69) is 6.58 Å². The first-order valence-corrected chi connectivity index (χ1v) is 6.92. The molecule has 18 heavy (non-hydrogen) atoms. The van der Waals surface area contributed by atoms with Gasteiger partial charge in [0, 0.05) is 17.1 Å². The van der Waals surface area contributed by atoms with Crippen molar-refractivity contribution in [2.45, 2.75) is 30.4 Å². The lowest BCUT2D eigenvalue weighted by Crippen LogP contribution is -2.41. The standard InChI is InChI=1S/C14H18N2OS/c1-4-12-14(17)16(8-9(2)3)11-6-5-10(15)7-13(11)18-12/h5-7,12H,2,4,8,15H2,1,3H3. The van der Waals surface area contributed by atoms with Crippen LogP contribution in [0.3, 0.4) is 0 Å². The molecule has 0 bridgehead atoms. The van der Waals surface area contributed by atoms with Gasteiger partial charge < -0.3 is 10.6 Å². The maximum atomic E-state index is 12.4. The van der Waals surface area contributed by atoms with Gasteiger partial charge in [-0.25, -0.2) is 0 Å². The van der Waals surface area contributed by atoms with Crippen LogP contribution in [-0.2, 0) is 4.79 Å². The summed E-state index contributed by atoms with van der Waals surface area (Å²) in [4.78, 5) is 15.3. The highest BCUT2D eigenvalue weighted by atomic mass is 32.2. The Morgan fingerprint density at radius 3 is 2.89 bits per heavy atom. The Balaban J connectivity index is 2.44. The van der Waals surface area contributed by atoms with E-state index in [9.17, 15) is 4.79 Å². The fourth-order valence-corrected chi connectivity index (χ4v) is 3.24. The molecule has 1 heterocycles. The van der Waals surface area contributed by atoms with E-state index in [1.54, 1.807) is 11.8 Å². The zero-order chi connectivity index (χ0) is 13.3. The van der Waals surface area contributed by atoms with E-state index in [0.29, 0.717) is 6.54 Å².